The van der Waals surface area contributed by atoms with Gasteiger partial charge in [-0.25, -0.2) is 4.98 Å². The first-order chi connectivity index (χ1) is 9.72. The van der Waals surface area contributed by atoms with Crippen LogP contribution in [0.2, 0.25) is 0 Å². The second-order valence-electron chi connectivity index (χ2n) is 5.42. The number of aromatic nitrogens is 2. The predicted molar refractivity (Wildman–Crippen MR) is 80.0 cm³/mol. The number of nitrogens with zero attached hydrogens (tertiary/aromatic N) is 4. The number of likely N-dealkylation sites (N-methyl/N-ethyl adjacent to an activating group) is 1. The van der Waals surface area contributed by atoms with Crippen molar-refractivity contribution in [2.75, 3.05) is 45.2 Å². The molecule has 0 saturated carbocycles. The van der Waals surface area contributed by atoms with E-state index >= 15 is 0 Å². The SMILES string of the molecule is CN(C)C[C@H]1CN(c2cnc3ccccc3n2)CCO1. The van der Waals surface area contributed by atoms with E-state index in [4.69, 9.17) is 9.72 Å². The van der Waals surface area contributed by atoms with Crippen LogP contribution in [-0.2, 0) is 4.74 Å². The Labute approximate surface area is 119 Å². The first-order valence-electron chi connectivity index (χ1n) is 6.95. The van der Waals surface area contributed by atoms with Crippen LogP contribution in [0.1, 0.15) is 0 Å². The third kappa shape index (κ3) is 2.89. The fraction of sp³-hybridized carbons (Fsp3) is 0.467. The van der Waals surface area contributed by atoms with Crippen LogP contribution in [0, 0.1) is 0 Å². The van der Waals surface area contributed by atoms with Crippen LogP contribution < -0.4 is 4.90 Å². The van der Waals surface area contributed by atoms with E-state index in [1.165, 1.54) is 0 Å². The molecule has 1 atom stereocenters. The molecule has 0 bridgehead atoms. The molecule has 0 unspecified atom stereocenters. The number of hydrogen-bond acceptors (Lipinski definition) is 5. The summed E-state index contributed by atoms with van der Waals surface area (Å²) in [5, 5.41) is 0. The van der Waals surface area contributed by atoms with Crippen LogP contribution in [0.15, 0.2) is 30.5 Å². The fourth-order valence-electron chi connectivity index (χ4n) is 2.54. The summed E-state index contributed by atoms with van der Waals surface area (Å²) >= 11 is 0. The van der Waals surface area contributed by atoms with Crippen LogP contribution in [0.4, 0.5) is 5.82 Å². The number of para-hydroxylation sites is 2. The molecular weight excluding hydrogens is 252 g/mol. The summed E-state index contributed by atoms with van der Waals surface area (Å²) in [4.78, 5) is 13.6. The molecule has 1 aliphatic heterocycles. The maximum atomic E-state index is 5.80. The Balaban J connectivity index is 1.79. The van der Waals surface area contributed by atoms with Gasteiger partial charge in [-0.1, -0.05) is 12.1 Å². The molecule has 2 aromatic rings. The number of rotatable bonds is 3. The molecule has 0 aliphatic carbocycles. The van der Waals surface area contributed by atoms with Crippen LogP contribution in [0.25, 0.3) is 11.0 Å². The molecule has 0 N–H and O–H groups in total. The molecular formula is C15H20N4O. The Morgan fingerprint density at radius 2 is 2.10 bits per heavy atom. The van der Waals surface area contributed by atoms with Crippen molar-refractivity contribution in [2.24, 2.45) is 0 Å². The lowest BCUT2D eigenvalue weighted by molar-refractivity contribution is 0.0245. The van der Waals surface area contributed by atoms with E-state index in [0.717, 1.165) is 43.1 Å². The van der Waals surface area contributed by atoms with Crippen molar-refractivity contribution in [3.05, 3.63) is 30.5 Å². The molecule has 2 heterocycles. The molecule has 1 aliphatic rings. The molecule has 1 aromatic carbocycles. The van der Waals surface area contributed by atoms with Crippen molar-refractivity contribution < 1.29 is 4.74 Å². The van der Waals surface area contributed by atoms with Crippen molar-refractivity contribution in [3.63, 3.8) is 0 Å². The summed E-state index contributed by atoms with van der Waals surface area (Å²) in [7, 11) is 4.14. The van der Waals surface area contributed by atoms with Gasteiger partial charge in [-0.2, -0.15) is 0 Å². The average Bonchev–Trinajstić information content (AvgIpc) is 2.46. The lowest BCUT2D eigenvalue weighted by atomic mass is 10.2. The number of morpholine rings is 1. The number of benzene rings is 1. The zero-order chi connectivity index (χ0) is 13.9. The normalized spacial score (nSPS) is 19.8. The minimum absolute atomic E-state index is 0.229. The third-order valence-corrected chi connectivity index (χ3v) is 3.47. The van der Waals surface area contributed by atoms with Crippen LogP contribution in [-0.4, -0.2) is 61.3 Å². The Morgan fingerprint density at radius 3 is 2.90 bits per heavy atom. The van der Waals surface area contributed by atoms with Crippen molar-refractivity contribution in [1.82, 2.24) is 14.9 Å². The standard InChI is InChI=1S/C15H20N4O/c1-18(2)10-12-11-19(7-8-20-12)15-9-16-13-5-3-4-6-14(13)17-15/h3-6,9,12H,7-8,10-11H2,1-2H3/t12-/m0/s1. The minimum atomic E-state index is 0.229. The van der Waals surface area contributed by atoms with E-state index in [1.807, 2.05) is 30.5 Å². The quantitative estimate of drug-likeness (QED) is 0.845. The number of fused-ring (bicyclic) bond motifs is 1. The highest BCUT2D eigenvalue weighted by Crippen LogP contribution is 2.18. The Morgan fingerprint density at radius 1 is 1.30 bits per heavy atom. The van der Waals surface area contributed by atoms with E-state index in [0.29, 0.717) is 0 Å². The second-order valence-corrected chi connectivity index (χ2v) is 5.42. The highest BCUT2D eigenvalue weighted by Gasteiger charge is 2.22. The first kappa shape index (κ1) is 13.3. The van der Waals surface area contributed by atoms with Crippen molar-refractivity contribution in [2.45, 2.75) is 6.10 Å². The highest BCUT2D eigenvalue weighted by molar-refractivity contribution is 5.75. The van der Waals surface area contributed by atoms with Crippen LogP contribution in [0.5, 0.6) is 0 Å². The van der Waals surface area contributed by atoms with Gasteiger partial charge in [-0.3, -0.25) is 4.98 Å². The average molecular weight is 272 g/mol. The van der Waals surface area contributed by atoms with E-state index in [1.54, 1.807) is 0 Å². The molecule has 1 aromatic heterocycles. The summed E-state index contributed by atoms with van der Waals surface area (Å²) < 4.78 is 5.80. The van der Waals surface area contributed by atoms with Gasteiger partial charge in [0.1, 0.15) is 5.82 Å². The summed E-state index contributed by atoms with van der Waals surface area (Å²) in [6.07, 6.45) is 2.09. The summed E-state index contributed by atoms with van der Waals surface area (Å²) in [6, 6.07) is 7.97. The van der Waals surface area contributed by atoms with Gasteiger partial charge in [0.05, 0.1) is 29.9 Å². The van der Waals surface area contributed by atoms with Gasteiger partial charge in [0, 0.05) is 19.6 Å². The van der Waals surface area contributed by atoms with Gasteiger partial charge in [-0.05, 0) is 26.2 Å². The van der Waals surface area contributed by atoms with Gasteiger partial charge < -0.3 is 14.5 Å². The molecule has 0 radical (unpaired) electrons. The van der Waals surface area contributed by atoms with Crippen molar-refractivity contribution >= 4 is 16.9 Å². The molecule has 106 valence electrons. The van der Waals surface area contributed by atoms with Crippen LogP contribution >= 0.6 is 0 Å². The topological polar surface area (TPSA) is 41.5 Å². The number of hydrogen-bond donors (Lipinski definition) is 0. The van der Waals surface area contributed by atoms with Crippen molar-refractivity contribution in [1.29, 1.82) is 0 Å². The summed E-state index contributed by atoms with van der Waals surface area (Å²) in [5.41, 5.74) is 1.88. The monoisotopic (exact) mass is 272 g/mol. The Bertz CT molecular complexity index is 587. The Kier molecular flexibility index (Phi) is 3.80. The summed E-state index contributed by atoms with van der Waals surface area (Å²) in [6.45, 7) is 3.41. The van der Waals surface area contributed by atoms with E-state index in [2.05, 4.69) is 28.9 Å². The summed E-state index contributed by atoms with van der Waals surface area (Å²) in [5.74, 6) is 0.941. The van der Waals surface area contributed by atoms with Gasteiger partial charge in [-0.15, -0.1) is 0 Å². The molecule has 3 rings (SSSR count). The lowest BCUT2D eigenvalue weighted by Gasteiger charge is -2.34. The maximum absolute atomic E-state index is 5.80. The van der Waals surface area contributed by atoms with E-state index < -0.39 is 0 Å². The van der Waals surface area contributed by atoms with Crippen LogP contribution in [0.3, 0.4) is 0 Å². The number of ether oxygens (including phenoxy) is 1. The zero-order valence-corrected chi connectivity index (χ0v) is 12.0. The smallest absolute Gasteiger partial charge is 0.148 e. The van der Waals surface area contributed by atoms with E-state index in [9.17, 15) is 0 Å². The Hall–Kier alpha value is -1.72. The van der Waals surface area contributed by atoms with E-state index in [-0.39, 0.29) is 6.10 Å². The largest absolute Gasteiger partial charge is 0.373 e. The number of anilines is 1. The molecule has 5 heteroatoms. The lowest BCUT2D eigenvalue weighted by Crippen LogP contribution is -2.46. The van der Waals surface area contributed by atoms with Gasteiger partial charge in [0.15, 0.2) is 0 Å². The maximum Gasteiger partial charge on any atom is 0.148 e. The first-order valence-corrected chi connectivity index (χ1v) is 6.95. The van der Waals surface area contributed by atoms with Gasteiger partial charge in [0.25, 0.3) is 0 Å². The second kappa shape index (κ2) is 5.73. The van der Waals surface area contributed by atoms with Gasteiger partial charge in [0.2, 0.25) is 0 Å². The van der Waals surface area contributed by atoms with Gasteiger partial charge >= 0.3 is 0 Å². The molecule has 20 heavy (non-hydrogen) atoms. The highest BCUT2D eigenvalue weighted by atomic mass is 16.5. The molecule has 0 amide bonds. The van der Waals surface area contributed by atoms with Crippen molar-refractivity contribution in [3.8, 4) is 0 Å². The molecule has 0 spiro atoms. The molecule has 1 fully saturated rings. The zero-order valence-electron chi connectivity index (χ0n) is 12.0. The minimum Gasteiger partial charge on any atom is -0.373 e. The molecule has 5 nitrogen and oxygen atoms in total. The predicted octanol–water partition coefficient (Wildman–Crippen LogP) is 1.40. The third-order valence-electron chi connectivity index (χ3n) is 3.47. The molecule has 1 saturated heterocycles. The fourth-order valence-corrected chi connectivity index (χ4v) is 2.54.